The molecule has 1 aromatic heterocycles. The number of hydrogen-bond donors (Lipinski definition) is 3. The number of ether oxygens (including phenoxy) is 1. The predicted molar refractivity (Wildman–Crippen MR) is 125 cm³/mol. The van der Waals surface area contributed by atoms with Gasteiger partial charge in [0.15, 0.2) is 0 Å². The third-order valence-electron chi connectivity index (χ3n) is 5.22. The Hall–Kier alpha value is -3.72. The molecule has 2 aromatic carbocycles. The number of halogens is 1. The molecule has 0 aliphatic carbocycles. The number of benzene rings is 2. The Labute approximate surface area is 190 Å². The number of carbonyl (C=O) groups excluding carboxylic acids is 1. The van der Waals surface area contributed by atoms with Gasteiger partial charge in [0.25, 0.3) is 5.56 Å². The standard InChI is InChI=1S/C24H27FN4O4/c1-16(18-8-10-19(25)11-9-18)14-20(30)27-22-21(26-15-17-6-4-3-5-7-17)23(31)28-24(32)29(22)12-13-33-2/h3-11,16,26H,12-15H2,1-2H3,(H,27,30)(H,28,31,32). The Balaban J connectivity index is 1.87. The van der Waals surface area contributed by atoms with Crippen LogP contribution in [-0.2, 0) is 22.6 Å². The van der Waals surface area contributed by atoms with Crippen molar-refractivity contribution >= 4 is 17.4 Å². The molecule has 0 fully saturated rings. The molecule has 0 spiro atoms. The second-order valence-electron chi connectivity index (χ2n) is 7.67. The molecule has 0 saturated heterocycles. The maximum atomic E-state index is 13.2. The van der Waals surface area contributed by atoms with Crippen molar-refractivity contribution in [1.82, 2.24) is 9.55 Å². The van der Waals surface area contributed by atoms with Gasteiger partial charge in [-0.05, 0) is 29.2 Å². The van der Waals surface area contributed by atoms with Gasteiger partial charge in [0.2, 0.25) is 5.91 Å². The van der Waals surface area contributed by atoms with Gasteiger partial charge in [-0.15, -0.1) is 0 Å². The number of methoxy groups -OCH3 is 1. The fraction of sp³-hybridized carbons (Fsp3) is 0.292. The minimum absolute atomic E-state index is 0.0769. The Morgan fingerprint density at radius 3 is 2.48 bits per heavy atom. The van der Waals surface area contributed by atoms with Crippen LogP contribution in [0.4, 0.5) is 15.9 Å². The lowest BCUT2D eigenvalue weighted by atomic mass is 9.97. The van der Waals surface area contributed by atoms with Gasteiger partial charge in [0, 0.05) is 20.1 Å². The van der Waals surface area contributed by atoms with Gasteiger partial charge in [0.05, 0.1) is 13.2 Å². The molecule has 33 heavy (non-hydrogen) atoms. The maximum Gasteiger partial charge on any atom is 0.330 e. The molecule has 1 heterocycles. The van der Waals surface area contributed by atoms with Crippen LogP contribution in [0.25, 0.3) is 0 Å². The van der Waals surface area contributed by atoms with Gasteiger partial charge in [-0.2, -0.15) is 0 Å². The zero-order valence-electron chi connectivity index (χ0n) is 18.6. The van der Waals surface area contributed by atoms with Crippen molar-refractivity contribution in [1.29, 1.82) is 0 Å². The van der Waals surface area contributed by atoms with E-state index in [-0.39, 0.29) is 48.7 Å². The molecular weight excluding hydrogens is 427 g/mol. The summed E-state index contributed by atoms with van der Waals surface area (Å²) in [5.41, 5.74) is 0.526. The molecule has 0 aliphatic heterocycles. The first-order chi connectivity index (χ1) is 15.9. The molecule has 1 amide bonds. The molecule has 0 aliphatic rings. The van der Waals surface area contributed by atoms with E-state index < -0.39 is 11.2 Å². The molecule has 3 N–H and O–H groups in total. The molecule has 1 unspecified atom stereocenters. The summed E-state index contributed by atoms with van der Waals surface area (Å²) in [7, 11) is 1.49. The van der Waals surface area contributed by atoms with Gasteiger partial charge in [-0.3, -0.25) is 19.1 Å². The van der Waals surface area contributed by atoms with Crippen LogP contribution in [0, 0.1) is 5.82 Å². The molecule has 0 radical (unpaired) electrons. The van der Waals surface area contributed by atoms with Crippen LogP contribution in [0.5, 0.6) is 0 Å². The van der Waals surface area contributed by atoms with E-state index in [1.54, 1.807) is 12.1 Å². The van der Waals surface area contributed by atoms with E-state index in [4.69, 9.17) is 4.74 Å². The summed E-state index contributed by atoms with van der Waals surface area (Å²) in [6, 6.07) is 15.4. The summed E-state index contributed by atoms with van der Waals surface area (Å²) in [5.74, 6) is -0.860. The smallest absolute Gasteiger partial charge is 0.330 e. The SMILES string of the molecule is COCCn1c(NC(=O)CC(C)c2ccc(F)cc2)c(NCc2ccccc2)c(=O)[nH]c1=O. The molecule has 8 nitrogen and oxygen atoms in total. The number of nitrogens with one attached hydrogen (secondary N) is 3. The maximum absolute atomic E-state index is 13.2. The highest BCUT2D eigenvalue weighted by atomic mass is 19.1. The van der Waals surface area contributed by atoms with E-state index in [9.17, 15) is 18.8 Å². The number of aromatic amines is 1. The lowest BCUT2D eigenvalue weighted by molar-refractivity contribution is -0.116. The minimum Gasteiger partial charge on any atom is -0.383 e. The molecule has 174 valence electrons. The van der Waals surface area contributed by atoms with E-state index in [1.807, 2.05) is 37.3 Å². The first kappa shape index (κ1) is 23.9. The molecule has 9 heteroatoms. The topological polar surface area (TPSA) is 105 Å². The van der Waals surface area contributed by atoms with Crippen LogP contribution in [-0.4, -0.2) is 29.2 Å². The van der Waals surface area contributed by atoms with E-state index in [0.717, 1.165) is 11.1 Å². The number of hydrogen-bond acceptors (Lipinski definition) is 5. The summed E-state index contributed by atoms with van der Waals surface area (Å²) in [6.07, 6.45) is 0.0784. The van der Waals surface area contributed by atoms with Crippen LogP contribution < -0.4 is 21.9 Å². The fourth-order valence-electron chi connectivity index (χ4n) is 3.42. The van der Waals surface area contributed by atoms with Crippen molar-refractivity contribution in [2.75, 3.05) is 24.4 Å². The van der Waals surface area contributed by atoms with Gasteiger partial charge in [-0.1, -0.05) is 49.4 Å². The van der Waals surface area contributed by atoms with Gasteiger partial charge >= 0.3 is 5.69 Å². The van der Waals surface area contributed by atoms with Crippen molar-refractivity contribution in [3.05, 3.63) is 92.4 Å². The number of nitrogens with zero attached hydrogens (tertiary/aromatic N) is 1. The molecule has 0 bridgehead atoms. The Morgan fingerprint density at radius 2 is 1.82 bits per heavy atom. The van der Waals surface area contributed by atoms with Crippen molar-refractivity contribution in [3.63, 3.8) is 0 Å². The number of rotatable bonds is 10. The van der Waals surface area contributed by atoms with Crippen LogP contribution in [0.3, 0.4) is 0 Å². The quantitative estimate of drug-likeness (QED) is 0.437. The third kappa shape index (κ3) is 6.39. The highest BCUT2D eigenvalue weighted by Gasteiger charge is 2.19. The minimum atomic E-state index is -0.649. The lowest BCUT2D eigenvalue weighted by Crippen LogP contribution is -2.36. The number of anilines is 2. The van der Waals surface area contributed by atoms with E-state index >= 15 is 0 Å². The average Bonchev–Trinajstić information content (AvgIpc) is 2.79. The Bertz CT molecular complexity index is 1190. The summed E-state index contributed by atoms with van der Waals surface area (Å²) < 4.78 is 19.5. The first-order valence-corrected chi connectivity index (χ1v) is 10.6. The number of aromatic nitrogens is 2. The monoisotopic (exact) mass is 454 g/mol. The highest BCUT2D eigenvalue weighted by Crippen LogP contribution is 2.22. The fourth-order valence-corrected chi connectivity index (χ4v) is 3.42. The summed E-state index contributed by atoms with van der Waals surface area (Å²) in [4.78, 5) is 40.3. The third-order valence-corrected chi connectivity index (χ3v) is 5.22. The summed E-state index contributed by atoms with van der Waals surface area (Å²) in [6.45, 7) is 2.51. The second kappa shape index (κ2) is 11.2. The molecule has 1 atom stereocenters. The largest absolute Gasteiger partial charge is 0.383 e. The van der Waals surface area contributed by atoms with Gasteiger partial charge in [-0.25, -0.2) is 9.18 Å². The Morgan fingerprint density at radius 1 is 1.12 bits per heavy atom. The van der Waals surface area contributed by atoms with Crippen molar-refractivity contribution in [2.45, 2.75) is 32.4 Å². The van der Waals surface area contributed by atoms with Crippen molar-refractivity contribution in [3.8, 4) is 0 Å². The molecule has 3 aromatic rings. The Kier molecular flexibility index (Phi) is 8.15. The van der Waals surface area contributed by atoms with Crippen LogP contribution in [0.1, 0.15) is 30.4 Å². The van der Waals surface area contributed by atoms with Gasteiger partial charge in [0.1, 0.15) is 17.3 Å². The zero-order chi connectivity index (χ0) is 23.8. The zero-order valence-corrected chi connectivity index (χ0v) is 18.6. The van der Waals surface area contributed by atoms with Crippen molar-refractivity contribution < 1.29 is 13.9 Å². The molecule has 0 saturated carbocycles. The summed E-state index contributed by atoms with van der Waals surface area (Å²) >= 11 is 0. The first-order valence-electron chi connectivity index (χ1n) is 10.6. The van der Waals surface area contributed by atoms with E-state index in [0.29, 0.717) is 6.54 Å². The highest BCUT2D eigenvalue weighted by molar-refractivity contribution is 5.93. The van der Waals surface area contributed by atoms with E-state index in [1.165, 1.54) is 23.8 Å². The molecule has 3 rings (SSSR count). The van der Waals surface area contributed by atoms with Crippen LogP contribution in [0.15, 0.2) is 64.2 Å². The van der Waals surface area contributed by atoms with Crippen LogP contribution in [0.2, 0.25) is 0 Å². The molecular formula is C24H27FN4O4. The number of carbonyl (C=O) groups is 1. The predicted octanol–water partition coefficient (Wildman–Crippen LogP) is 3.07. The second-order valence-corrected chi connectivity index (χ2v) is 7.67. The number of H-pyrrole nitrogens is 1. The van der Waals surface area contributed by atoms with Crippen LogP contribution >= 0.6 is 0 Å². The van der Waals surface area contributed by atoms with Gasteiger partial charge < -0.3 is 15.4 Å². The lowest BCUT2D eigenvalue weighted by Gasteiger charge is -2.19. The average molecular weight is 455 g/mol. The number of amides is 1. The summed E-state index contributed by atoms with van der Waals surface area (Å²) in [5, 5.41) is 5.77. The van der Waals surface area contributed by atoms with E-state index in [2.05, 4.69) is 15.6 Å². The van der Waals surface area contributed by atoms with Crippen molar-refractivity contribution in [2.24, 2.45) is 0 Å². The normalized spacial score (nSPS) is 11.7.